The number of aromatic nitrogens is 3. The molecular formula is C17H9F2N3OS2. The number of fused-ring (bicyclic) bond motifs is 1. The zero-order chi connectivity index (χ0) is 17.6. The predicted octanol–water partition coefficient (Wildman–Crippen LogP) is 4.25. The molecule has 0 saturated heterocycles. The molecule has 2 aromatic heterocycles. The summed E-state index contributed by atoms with van der Waals surface area (Å²) in [4.78, 5) is 17.1. The van der Waals surface area contributed by atoms with Crippen molar-refractivity contribution >= 4 is 33.9 Å². The van der Waals surface area contributed by atoms with Gasteiger partial charge in [0.15, 0.2) is 9.60 Å². The third-order valence-corrected chi connectivity index (χ3v) is 5.04. The number of hydrogen-bond acceptors (Lipinski definition) is 4. The molecule has 0 amide bonds. The lowest BCUT2D eigenvalue weighted by molar-refractivity contribution is 0.627. The van der Waals surface area contributed by atoms with Gasteiger partial charge in [0.1, 0.15) is 22.7 Å². The topological polar surface area (TPSA) is 39.8 Å². The minimum Gasteiger partial charge on any atom is -0.275 e. The van der Waals surface area contributed by atoms with E-state index in [2.05, 4.69) is 4.98 Å². The first-order valence-electron chi connectivity index (χ1n) is 7.20. The van der Waals surface area contributed by atoms with Gasteiger partial charge in [-0.3, -0.25) is 13.9 Å². The van der Waals surface area contributed by atoms with Gasteiger partial charge in [0.25, 0.3) is 5.56 Å². The van der Waals surface area contributed by atoms with Crippen LogP contribution in [0.2, 0.25) is 0 Å². The molecule has 124 valence electrons. The number of nitrogens with zero attached hydrogens (tertiary/aromatic N) is 3. The Morgan fingerprint density at radius 2 is 1.48 bits per heavy atom. The van der Waals surface area contributed by atoms with Gasteiger partial charge in [-0.05, 0) is 60.7 Å². The highest BCUT2D eigenvalue weighted by Crippen LogP contribution is 2.23. The summed E-state index contributed by atoms with van der Waals surface area (Å²) in [5.41, 5.74) is 1.25. The average molecular weight is 373 g/mol. The average Bonchev–Trinajstić information content (AvgIpc) is 2.94. The molecule has 8 heteroatoms. The Hall–Kier alpha value is -2.71. The van der Waals surface area contributed by atoms with Crippen LogP contribution >= 0.6 is 23.6 Å². The van der Waals surface area contributed by atoms with Gasteiger partial charge < -0.3 is 0 Å². The van der Waals surface area contributed by atoms with E-state index in [1.54, 1.807) is 16.7 Å². The molecule has 4 aromatic rings. The van der Waals surface area contributed by atoms with E-state index in [0.717, 1.165) is 11.3 Å². The molecule has 2 heterocycles. The fourth-order valence-corrected chi connectivity index (χ4v) is 3.82. The van der Waals surface area contributed by atoms with Crippen molar-refractivity contribution in [3.05, 3.63) is 80.8 Å². The Morgan fingerprint density at radius 1 is 0.920 bits per heavy atom. The molecule has 0 aliphatic heterocycles. The van der Waals surface area contributed by atoms with Crippen LogP contribution in [0.4, 0.5) is 8.78 Å². The SMILES string of the molecule is O=c1c2sc(=S)n(-c3ccc(F)cc3)c2ncn1-c1ccc(F)cc1. The minimum absolute atomic E-state index is 0.298. The van der Waals surface area contributed by atoms with Crippen LogP contribution in [0.5, 0.6) is 0 Å². The number of halogens is 2. The molecule has 0 atom stereocenters. The molecule has 0 aliphatic rings. The fourth-order valence-electron chi connectivity index (χ4n) is 2.50. The molecular weight excluding hydrogens is 364 g/mol. The van der Waals surface area contributed by atoms with E-state index in [9.17, 15) is 13.6 Å². The third-order valence-electron chi connectivity index (χ3n) is 3.68. The van der Waals surface area contributed by atoms with Crippen LogP contribution in [0.15, 0.2) is 59.7 Å². The summed E-state index contributed by atoms with van der Waals surface area (Å²) < 4.78 is 30.0. The highest BCUT2D eigenvalue weighted by Gasteiger charge is 2.14. The first-order chi connectivity index (χ1) is 12.0. The Kier molecular flexibility index (Phi) is 3.78. The lowest BCUT2D eigenvalue weighted by Gasteiger charge is -2.07. The van der Waals surface area contributed by atoms with Gasteiger partial charge in [0.05, 0.1) is 5.69 Å². The standard InChI is InChI=1S/C17H9F2N3OS2/c18-10-1-5-12(6-2-10)21-9-20-15-14(16(21)23)25-17(24)22(15)13-7-3-11(19)4-8-13/h1-9H. The second kappa shape index (κ2) is 5.98. The lowest BCUT2D eigenvalue weighted by Crippen LogP contribution is -2.18. The first-order valence-corrected chi connectivity index (χ1v) is 8.42. The number of rotatable bonds is 2. The van der Waals surface area contributed by atoms with Gasteiger partial charge in [-0.15, -0.1) is 0 Å². The van der Waals surface area contributed by atoms with Gasteiger partial charge in [-0.2, -0.15) is 0 Å². The molecule has 0 spiro atoms. The minimum atomic E-state index is -0.385. The van der Waals surface area contributed by atoms with Crippen molar-refractivity contribution in [1.29, 1.82) is 0 Å². The largest absolute Gasteiger partial charge is 0.277 e. The predicted molar refractivity (Wildman–Crippen MR) is 95.3 cm³/mol. The van der Waals surface area contributed by atoms with Crippen LogP contribution in [-0.4, -0.2) is 14.1 Å². The summed E-state index contributed by atoms with van der Waals surface area (Å²) >= 11 is 6.49. The molecule has 0 saturated carbocycles. The van der Waals surface area contributed by atoms with Crippen LogP contribution in [0.25, 0.3) is 21.7 Å². The zero-order valence-electron chi connectivity index (χ0n) is 12.5. The van der Waals surface area contributed by atoms with E-state index in [4.69, 9.17) is 12.2 Å². The van der Waals surface area contributed by atoms with Gasteiger partial charge in [0, 0.05) is 5.69 Å². The lowest BCUT2D eigenvalue weighted by atomic mass is 10.3. The highest BCUT2D eigenvalue weighted by atomic mass is 32.1. The summed E-state index contributed by atoms with van der Waals surface area (Å²) in [6.07, 6.45) is 1.37. The van der Waals surface area contributed by atoms with E-state index >= 15 is 0 Å². The Balaban J connectivity index is 1.95. The van der Waals surface area contributed by atoms with Crippen LogP contribution in [0, 0.1) is 15.6 Å². The van der Waals surface area contributed by atoms with Crippen molar-refractivity contribution in [2.24, 2.45) is 0 Å². The van der Waals surface area contributed by atoms with Crippen molar-refractivity contribution in [3.63, 3.8) is 0 Å². The van der Waals surface area contributed by atoms with Crippen molar-refractivity contribution in [2.45, 2.75) is 0 Å². The van der Waals surface area contributed by atoms with Crippen molar-refractivity contribution in [1.82, 2.24) is 14.1 Å². The van der Waals surface area contributed by atoms with Crippen molar-refractivity contribution in [2.75, 3.05) is 0 Å². The molecule has 0 N–H and O–H groups in total. The maximum Gasteiger partial charge on any atom is 0.277 e. The van der Waals surface area contributed by atoms with E-state index in [0.29, 0.717) is 25.7 Å². The summed E-state index contributed by atoms with van der Waals surface area (Å²) in [5, 5.41) is 0. The molecule has 4 nitrogen and oxygen atoms in total. The third kappa shape index (κ3) is 2.69. The zero-order valence-corrected chi connectivity index (χ0v) is 14.2. The second-order valence-corrected chi connectivity index (χ2v) is 6.87. The quantitative estimate of drug-likeness (QED) is 0.493. The monoisotopic (exact) mass is 373 g/mol. The van der Waals surface area contributed by atoms with Gasteiger partial charge in [0.2, 0.25) is 0 Å². The Morgan fingerprint density at radius 3 is 2.08 bits per heavy atom. The molecule has 0 unspecified atom stereocenters. The summed E-state index contributed by atoms with van der Waals surface area (Å²) in [6, 6.07) is 11.3. The fraction of sp³-hybridized carbons (Fsp3) is 0. The molecule has 2 aromatic carbocycles. The van der Waals surface area contributed by atoms with Crippen LogP contribution in [0.3, 0.4) is 0 Å². The smallest absolute Gasteiger partial charge is 0.275 e. The second-order valence-electron chi connectivity index (χ2n) is 5.23. The van der Waals surface area contributed by atoms with Crippen molar-refractivity contribution in [3.8, 4) is 11.4 Å². The Bertz CT molecular complexity index is 1190. The van der Waals surface area contributed by atoms with Crippen LogP contribution < -0.4 is 5.56 Å². The molecule has 0 radical (unpaired) electrons. The molecule has 0 bridgehead atoms. The Labute approximate surface area is 149 Å². The van der Waals surface area contributed by atoms with Gasteiger partial charge in [-0.25, -0.2) is 13.8 Å². The molecule has 4 rings (SSSR count). The maximum absolute atomic E-state index is 13.1. The van der Waals surface area contributed by atoms with E-state index in [1.165, 1.54) is 47.3 Å². The van der Waals surface area contributed by atoms with Gasteiger partial charge >= 0.3 is 0 Å². The van der Waals surface area contributed by atoms with Crippen LogP contribution in [-0.2, 0) is 0 Å². The highest BCUT2D eigenvalue weighted by molar-refractivity contribution is 7.73. The first kappa shape index (κ1) is 15.8. The number of thiazole rings is 1. The van der Waals surface area contributed by atoms with Crippen molar-refractivity contribution < 1.29 is 8.78 Å². The number of hydrogen-bond donors (Lipinski definition) is 0. The molecule has 0 fully saturated rings. The van der Waals surface area contributed by atoms with Gasteiger partial charge in [-0.1, -0.05) is 11.3 Å². The van der Waals surface area contributed by atoms with E-state index in [-0.39, 0.29) is 17.2 Å². The maximum atomic E-state index is 13.1. The van der Waals surface area contributed by atoms with E-state index < -0.39 is 0 Å². The van der Waals surface area contributed by atoms with E-state index in [1.807, 2.05) is 0 Å². The normalized spacial score (nSPS) is 11.1. The summed E-state index contributed by atoms with van der Waals surface area (Å²) in [5.74, 6) is -0.745. The molecule has 0 aliphatic carbocycles. The van der Waals surface area contributed by atoms with Crippen LogP contribution in [0.1, 0.15) is 0 Å². The summed E-state index contributed by atoms with van der Waals surface area (Å²) in [7, 11) is 0. The number of benzene rings is 2. The summed E-state index contributed by atoms with van der Waals surface area (Å²) in [6.45, 7) is 0. The molecule has 25 heavy (non-hydrogen) atoms.